The molecule has 0 heterocycles. The second-order valence-corrected chi connectivity index (χ2v) is 5.09. The minimum atomic E-state index is -1.48. The molecule has 6 nitrogen and oxygen atoms in total. The van der Waals surface area contributed by atoms with Crippen molar-refractivity contribution in [2.24, 2.45) is 0 Å². The largest absolute Gasteiger partial charge is 0.479 e. The van der Waals surface area contributed by atoms with Gasteiger partial charge in [-0.1, -0.05) is 29.8 Å². The number of benzene rings is 1. The summed E-state index contributed by atoms with van der Waals surface area (Å²) in [4.78, 5) is 23.9. The molecule has 116 valence electrons. The molecule has 2 amide bonds. The van der Waals surface area contributed by atoms with Gasteiger partial charge in [0.2, 0.25) is 0 Å². The molecule has 21 heavy (non-hydrogen) atoms. The molecule has 0 radical (unpaired) electrons. The van der Waals surface area contributed by atoms with Crippen LogP contribution in [0.25, 0.3) is 0 Å². The zero-order valence-corrected chi connectivity index (χ0v) is 12.7. The molecular formula is C14H19ClN2O4. The normalized spacial score (nSPS) is 13.3. The fraction of sp³-hybridized carbons (Fsp3) is 0.429. The molecule has 0 fully saturated rings. The molecule has 0 bridgehead atoms. The molecule has 0 aliphatic carbocycles. The summed E-state index contributed by atoms with van der Waals surface area (Å²) in [5.74, 6) is -1.30. The zero-order valence-electron chi connectivity index (χ0n) is 11.9. The van der Waals surface area contributed by atoms with E-state index in [9.17, 15) is 9.59 Å². The molecule has 0 saturated carbocycles. The molecule has 0 saturated heterocycles. The monoisotopic (exact) mass is 314 g/mol. The third-order valence-electron chi connectivity index (χ3n) is 3.24. The number of rotatable bonds is 6. The van der Waals surface area contributed by atoms with Crippen LogP contribution in [-0.2, 0) is 4.79 Å². The molecule has 0 aromatic heterocycles. The van der Waals surface area contributed by atoms with Crippen LogP contribution in [-0.4, -0.2) is 46.8 Å². The van der Waals surface area contributed by atoms with Crippen molar-refractivity contribution in [3.63, 3.8) is 0 Å². The van der Waals surface area contributed by atoms with E-state index in [1.807, 2.05) is 25.1 Å². The SMILES string of the molecule is CC(c1ccccc1Cl)N(C)C(=O)NCCC(O)C(=O)O. The summed E-state index contributed by atoms with van der Waals surface area (Å²) in [6, 6.07) is 6.65. The van der Waals surface area contributed by atoms with E-state index in [0.29, 0.717) is 5.02 Å². The Morgan fingerprint density at radius 1 is 1.38 bits per heavy atom. The molecule has 3 N–H and O–H groups in total. The van der Waals surface area contributed by atoms with Gasteiger partial charge in [0.05, 0.1) is 6.04 Å². The first-order valence-electron chi connectivity index (χ1n) is 6.50. The average molecular weight is 315 g/mol. The number of halogens is 1. The Hall–Kier alpha value is -1.79. The minimum Gasteiger partial charge on any atom is -0.479 e. The highest BCUT2D eigenvalue weighted by Gasteiger charge is 2.19. The Labute approximate surface area is 128 Å². The summed E-state index contributed by atoms with van der Waals surface area (Å²) in [5.41, 5.74) is 0.822. The third-order valence-corrected chi connectivity index (χ3v) is 3.58. The number of nitrogens with zero attached hydrogens (tertiary/aromatic N) is 1. The van der Waals surface area contributed by atoms with Gasteiger partial charge in [0, 0.05) is 25.0 Å². The fourth-order valence-electron chi connectivity index (χ4n) is 1.76. The van der Waals surface area contributed by atoms with Crippen LogP contribution in [0.1, 0.15) is 24.9 Å². The molecule has 0 aliphatic rings. The molecule has 0 spiro atoms. The van der Waals surface area contributed by atoms with Gasteiger partial charge in [0.15, 0.2) is 6.10 Å². The maximum absolute atomic E-state index is 12.0. The lowest BCUT2D eigenvalue weighted by Gasteiger charge is -2.26. The molecule has 1 aromatic rings. The lowest BCUT2D eigenvalue weighted by Crippen LogP contribution is -2.40. The van der Waals surface area contributed by atoms with Crippen LogP contribution in [0.15, 0.2) is 24.3 Å². The molecule has 2 unspecified atom stereocenters. The van der Waals surface area contributed by atoms with Gasteiger partial charge in [-0.3, -0.25) is 0 Å². The van der Waals surface area contributed by atoms with Crippen molar-refractivity contribution in [2.75, 3.05) is 13.6 Å². The number of urea groups is 1. The van der Waals surface area contributed by atoms with Crippen molar-refractivity contribution in [1.29, 1.82) is 0 Å². The van der Waals surface area contributed by atoms with E-state index in [1.54, 1.807) is 13.1 Å². The van der Waals surface area contributed by atoms with Crippen LogP contribution in [0.3, 0.4) is 0 Å². The van der Waals surface area contributed by atoms with Gasteiger partial charge in [-0.2, -0.15) is 0 Å². The Balaban J connectivity index is 2.54. The predicted octanol–water partition coefficient (Wildman–Crippen LogP) is 1.88. The van der Waals surface area contributed by atoms with Crippen LogP contribution in [0.5, 0.6) is 0 Å². The van der Waals surface area contributed by atoms with Gasteiger partial charge >= 0.3 is 12.0 Å². The quantitative estimate of drug-likeness (QED) is 0.748. The summed E-state index contributed by atoms with van der Waals surface area (Å²) < 4.78 is 0. The van der Waals surface area contributed by atoms with Crippen molar-refractivity contribution >= 4 is 23.6 Å². The highest BCUT2D eigenvalue weighted by molar-refractivity contribution is 6.31. The van der Waals surface area contributed by atoms with Gasteiger partial charge in [0.25, 0.3) is 0 Å². The number of aliphatic hydroxyl groups excluding tert-OH is 1. The first kappa shape index (κ1) is 17.3. The number of hydrogen-bond acceptors (Lipinski definition) is 3. The summed E-state index contributed by atoms with van der Waals surface area (Å²) in [6.07, 6.45) is -1.52. The first-order valence-corrected chi connectivity index (χ1v) is 6.88. The van der Waals surface area contributed by atoms with Crippen molar-refractivity contribution in [1.82, 2.24) is 10.2 Å². The molecular weight excluding hydrogens is 296 g/mol. The summed E-state index contributed by atoms with van der Waals surface area (Å²) >= 11 is 6.09. The van der Waals surface area contributed by atoms with E-state index >= 15 is 0 Å². The highest BCUT2D eigenvalue weighted by atomic mass is 35.5. The first-order chi connectivity index (χ1) is 9.84. The maximum Gasteiger partial charge on any atom is 0.332 e. The van der Waals surface area contributed by atoms with Gasteiger partial charge in [-0.25, -0.2) is 9.59 Å². The fourth-order valence-corrected chi connectivity index (χ4v) is 2.06. The Morgan fingerprint density at radius 2 is 2.00 bits per heavy atom. The Bertz CT molecular complexity index is 510. The van der Waals surface area contributed by atoms with Crippen LogP contribution in [0.2, 0.25) is 5.02 Å². The summed E-state index contributed by atoms with van der Waals surface area (Å²) in [6.45, 7) is 1.92. The molecule has 7 heteroatoms. The number of amides is 2. The van der Waals surface area contributed by atoms with E-state index in [4.69, 9.17) is 21.8 Å². The third kappa shape index (κ3) is 4.91. The van der Waals surface area contributed by atoms with E-state index in [0.717, 1.165) is 5.56 Å². The molecule has 0 aliphatic heterocycles. The van der Waals surface area contributed by atoms with Crippen LogP contribution in [0, 0.1) is 0 Å². The number of carbonyl (C=O) groups is 2. The molecule has 2 atom stereocenters. The maximum atomic E-state index is 12.0. The lowest BCUT2D eigenvalue weighted by atomic mass is 10.1. The number of aliphatic hydroxyl groups is 1. The Morgan fingerprint density at radius 3 is 2.57 bits per heavy atom. The number of nitrogens with one attached hydrogen (secondary N) is 1. The topological polar surface area (TPSA) is 89.9 Å². The van der Waals surface area contributed by atoms with Crippen LogP contribution in [0.4, 0.5) is 4.79 Å². The Kier molecular flexibility index (Phi) is 6.45. The smallest absolute Gasteiger partial charge is 0.332 e. The van der Waals surface area contributed by atoms with Crippen LogP contribution >= 0.6 is 11.6 Å². The number of carbonyl (C=O) groups excluding carboxylic acids is 1. The lowest BCUT2D eigenvalue weighted by molar-refractivity contribution is -0.146. The van der Waals surface area contributed by atoms with E-state index in [2.05, 4.69) is 5.32 Å². The average Bonchev–Trinajstić information content (AvgIpc) is 2.45. The van der Waals surface area contributed by atoms with Crippen LogP contribution < -0.4 is 5.32 Å². The van der Waals surface area contributed by atoms with Crippen molar-refractivity contribution in [3.05, 3.63) is 34.9 Å². The highest BCUT2D eigenvalue weighted by Crippen LogP contribution is 2.25. The second-order valence-electron chi connectivity index (χ2n) is 4.68. The number of carboxylic acids is 1. The van der Waals surface area contributed by atoms with Gasteiger partial charge in [-0.15, -0.1) is 0 Å². The zero-order chi connectivity index (χ0) is 16.0. The van der Waals surface area contributed by atoms with Crippen molar-refractivity contribution < 1.29 is 19.8 Å². The molecule has 1 aromatic carbocycles. The molecule has 1 rings (SSSR count). The number of carboxylic acid groups (broad SMARTS) is 1. The number of aliphatic carboxylic acids is 1. The van der Waals surface area contributed by atoms with E-state index in [1.165, 1.54) is 4.90 Å². The van der Waals surface area contributed by atoms with Gasteiger partial charge < -0.3 is 20.4 Å². The van der Waals surface area contributed by atoms with E-state index in [-0.39, 0.29) is 25.0 Å². The standard InChI is InChI=1S/C14H19ClN2O4/c1-9(10-5-3-4-6-11(10)15)17(2)14(21)16-8-7-12(18)13(19)20/h3-6,9,12,18H,7-8H2,1-2H3,(H,16,21)(H,19,20). The van der Waals surface area contributed by atoms with E-state index < -0.39 is 12.1 Å². The second kappa shape index (κ2) is 7.85. The van der Waals surface area contributed by atoms with Crippen molar-refractivity contribution in [2.45, 2.75) is 25.5 Å². The number of hydrogen-bond donors (Lipinski definition) is 3. The summed E-state index contributed by atoms with van der Waals surface area (Å²) in [7, 11) is 1.62. The predicted molar refractivity (Wildman–Crippen MR) is 79.3 cm³/mol. The minimum absolute atomic E-state index is 0.0462. The van der Waals surface area contributed by atoms with Gasteiger partial charge in [-0.05, 0) is 18.6 Å². The summed E-state index contributed by atoms with van der Waals surface area (Å²) in [5, 5.41) is 20.8. The van der Waals surface area contributed by atoms with Crippen molar-refractivity contribution in [3.8, 4) is 0 Å². The van der Waals surface area contributed by atoms with Gasteiger partial charge in [0.1, 0.15) is 0 Å².